The minimum Gasteiger partial charge on any atom is -0.416 e. The number of fused-ring (bicyclic) bond motifs is 3. The van der Waals surface area contributed by atoms with E-state index in [-0.39, 0.29) is 0 Å². The molecule has 4 nitrogen and oxygen atoms in total. The van der Waals surface area contributed by atoms with Crippen LogP contribution in [0.5, 0.6) is 0 Å². The van der Waals surface area contributed by atoms with E-state index in [9.17, 15) is 0 Å². The van der Waals surface area contributed by atoms with Crippen molar-refractivity contribution in [2.45, 2.75) is 0 Å². The van der Waals surface area contributed by atoms with Crippen LogP contribution in [-0.2, 0) is 0 Å². The van der Waals surface area contributed by atoms with Gasteiger partial charge in [-0.05, 0) is 48.5 Å². The van der Waals surface area contributed by atoms with Gasteiger partial charge < -0.3 is 8.98 Å². The third kappa shape index (κ3) is 2.97. The van der Waals surface area contributed by atoms with Crippen LogP contribution in [0.1, 0.15) is 0 Å². The zero-order valence-electron chi connectivity index (χ0n) is 16.4. The Morgan fingerprint density at radius 3 is 1.90 bits per heavy atom. The van der Waals surface area contributed by atoms with Gasteiger partial charge in [-0.1, -0.05) is 64.5 Å². The molecule has 6 rings (SSSR count). The normalized spacial score (nSPS) is 11.4. The van der Waals surface area contributed by atoms with E-state index in [4.69, 9.17) is 4.42 Å². The Kier molecular flexibility index (Phi) is 4.21. The van der Waals surface area contributed by atoms with Crippen LogP contribution in [0.3, 0.4) is 0 Å². The molecule has 2 aromatic heterocycles. The molecule has 148 valence electrons. The second-order valence-electron chi connectivity index (χ2n) is 7.31. The number of nitrogens with zero attached hydrogens (tertiary/aromatic N) is 3. The van der Waals surface area contributed by atoms with E-state index in [2.05, 4.69) is 85.3 Å². The maximum Gasteiger partial charge on any atom is 0.250 e. The molecule has 31 heavy (non-hydrogen) atoms. The van der Waals surface area contributed by atoms with Crippen molar-refractivity contribution >= 4 is 37.7 Å². The van der Waals surface area contributed by atoms with E-state index >= 15 is 0 Å². The standard InChI is InChI=1S/C26H16BrN3O/c27-18-15-13-17(14-16-18)25-28-29-26(31-25)21-9-3-6-12-24(21)30-22-10-4-1-7-19(22)20-8-2-5-11-23(20)30/h1-16H. The molecule has 0 spiro atoms. The lowest BCUT2D eigenvalue weighted by Crippen LogP contribution is -1.97. The number of para-hydroxylation sites is 3. The van der Waals surface area contributed by atoms with Crippen molar-refractivity contribution in [2.75, 3.05) is 0 Å². The SMILES string of the molecule is Brc1ccc(-c2nnc(-c3ccccc3-n3c4ccccc4c4ccccc43)o2)cc1. The van der Waals surface area contributed by atoms with Gasteiger partial charge in [0, 0.05) is 20.8 Å². The molecule has 0 atom stereocenters. The van der Waals surface area contributed by atoms with Crippen LogP contribution < -0.4 is 0 Å². The lowest BCUT2D eigenvalue weighted by Gasteiger charge is -2.11. The quantitative estimate of drug-likeness (QED) is 0.276. The highest BCUT2D eigenvalue weighted by Crippen LogP contribution is 2.36. The van der Waals surface area contributed by atoms with E-state index < -0.39 is 0 Å². The molecule has 5 heteroatoms. The van der Waals surface area contributed by atoms with Crippen LogP contribution in [0, 0.1) is 0 Å². The van der Waals surface area contributed by atoms with Gasteiger partial charge >= 0.3 is 0 Å². The fourth-order valence-electron chi connectivity index (χ4n) is 4.07. The molecule has 0 aliphatic rings. The molecular formula is C26H16BrN3O. The molecule has 2 heterocycles. The first-order chi connectivity index (χ1) is 15.3. The molecule has 0 unspecified atom stereocenters. The maximum absolute atomic E-state index is 6.11. The molecule has 0 bridgehead atoms. The highest BCUT2D eigenvalue weighted by molar-refractivity contribution is 9.10. The summed E-state index contributed by atoms with van der Waals surface area (Å²) in [5.41, 5.74) is 5.07. The van der Waals surface area contributed by atoms with Gasteiger partial charge in [0.1, 0.15) is 0 Å². The fraction of sp³-hybridized carbons (Fsp3) is 0. The van der Waals surface area contributed by atoms with Crippen LogP contribution in [0.2, 0.25) is 0 Å². The van der Waals surface area contributed by atoms with Crippen molar-refractivity contribution < 1.29 is 4.42 Å². The Hall–Kier alpha value is -3.70. The number of rotatable bonds is 3. The zero-order valence-corrected chi connectivity index (χ0v) is 18.0. The topological polar surface area (TPSA) is 43.9 Å². The van der Waals surface area contributed by atoms with E-state index in [1.165, 1.54) is 10.8 Å². The highest BCUT2D eigenvalue weighted by Gasteiger charge is 2.18. The van der Waals surface area contributed by atoms with E-state index in [1.807, 2.05) is 42.5 Å². The second kappa shape index (κ2) is 7.22. The minimum absolute atomic E-state index is 0.496. The lowest BCUT2D eigenvalue weighted by molar-refractivity contribution is 0.584. The predicted molar refractivity (Wildman–Crippen MR) is 127 cm³/mol. The Morgan fingerprint density at radius 1 is 0.613 bits per heavy atom. The maximum atomic E-state index is 6.11. The molecule has 0 saturated heterocycles. The fourth-order valence-corrected chi connectivity index (χ4v) is 4.34. The third-order valence-corrected chi connectivity index (χ3v) is 6.00. The summed E-state index contributed by atoms with van der Waals surface area (Å²) in [6.45, 7) is 0. The number of aromatic nitrogens is 3. The molecule has 0 radical (unpaired) electrons. The number of benzene rings is 4. The number of hydrogen-bond donors (Lipinski definition) is 0. The van der Waals surface area contributed by atoms with Crippen molar-refractivity contribution in [3.05, 3.63) is 102 Å². The van der Waals surface area contributed by atoms with Crippen molar-refractivity contribution in [1.82, 2.24) is 14.8 Å². The molecule has 0 aliphatic carbocycles. The highest BCUT2D eigenvalue weighted by atomic mass is 79.9. The van der Waals surface area contributed by atoms with E-state index in [0.717, 1.165) is 32.3 Å². The van der Waals surface area contributed by atoms with Gasteiger partial charge in [0.05, 0.1) is 22.3 Å². The average molecular weight is 466 g/mol. The lowest BCUT2D eigenvalue weighted by atomic mass is 10.1. The second-order valence-corrected chi connectivity index (χ2v) is 8.22. The summed E-state index contributed by atoms with van der Waals surface area (Å²) in [6.07, 6.45) is 0. The molecule has 4 aromatic carbocycles. The molecule has 0 amide bonds. The van der Waals surface area contributed by atoms with Crippen molar-refractivity contribution in [3.8, 4) is 28.6 Å². The number of halogens is 1. The molecule has 0 aliphatic heterocycles. The molecule has 6 aromatic rings. The van der Waals surface area contributed by atoms with Crippen LogP contribution in [0.25, 0.3) is 50.4 Å². The Morgan fingerprint density at radius 2 is 1.19 bits per heavy atom. The summed E-state index contributed by atoms with van der Waals surface area (Å²) in [7, 11) is 0. The monoisotopic (exact) mass is 465 g/mol. The van der Waals surface area contributed by atoms with E-state index in [1.54, 1.807) is 0 Å². The summed E-state index contributed by atoms with van der Waals surface area (Å²) >= 11 is 3.46. The first-order valence-electron chi connectivity index (χ1n) is 9.97. The van der Waals surface area contributed by atoms with Crippen molar-refractivity contribution in [1.29, 1.82) is 0 Å². The van der Waals surface area contributed by atoms with Gasteiger partial charge in [0.2, 0.25) is 11.8 Å². The van der Waals surface area contributed by atoms with Crippen molar-refractivity contribution in [2.24, 2.45) is 0 Å². The Labute approximate surface area is 186 Å². The molecule has 0 N–H and O–H groups in total. The number of hydrogen-bond acceptors (Lipinski definition) is 3. The van der Waals surface area contributed by atoms with Crippen LogP contribution in [-0.4, -0.2) is 14.8 Å². The van der Waals surface area contributed by atoms with Crippen LogP contribution in [0.4, 0.5) is 0 Å². The van der Waals surface area contributed by atoms with Gasteiger partial charge in [-0.3, -0.25) is 0 Å². The van der Waals surface area contributed by atoms with Gasteiger partial charge in [0.15, 0.2) is 0 Å². The zero-order chi connectivity index (χ0) is 20.8. The predicted octanol–water partition coefficient (Wildman–Crippen LogP) is 7.26. The third-order valence-electron chi connectivity index (χ3n) is 5.47. The first kappa shape index (κ1) is 18.1. The van der Waals surface area contributed by atoms with E-state index in [0.29, 0.717) is 11.8 Å². The van der Waals surface area contributed by atoms with Crippen molar-refractivity contribution in [3.63, 3.8) is 0 Å². The average Bonchev–Trinajstić information content (AvgIpc) is 3.43. The Bertz CT molecular complexity index is 1490. The summed E-state index contributed by atoms with van der Waals surface area (Å²) in [5, 5.41) is 11.1. The van der Waals surface area contributed by atoms with Crippen LogP contribution >= 0.6 is 15.9 Å². The Balaban J connectivity index is 1.57. The summed E-state index contributed by atoms with van der Waals surface area (Å²) in [5.74, 6) is 0.995. The molecule has 0 saturated carbocycles. The summed E-state index contributed by atoms with van der Waals surface area (Å²) < 4.78 is 9.38. The molecular weight excluding hydrogens is 450 g/mol. The van der Waals surface area contributed by atoms with Gasteiger partial charge in [-0.2, -0.15) is 0 Å². The minimum atomic E-state index is 0.496. The summed E-state index contributed by atoms with van der Waals surface area (Å²) in [4.78, 5) is 0. The summed E-state index contributed by atoms with van der Waals surface area (Å²) in [6, 6.07) is 32.9. The van der Waals surface area contributed by atoms with Gasteiger partial charge in [-0.15, -0.1) is 10.2 Å². The smallest absolute Gasteiger partial charge is 0.250 e. The molecule has 0 fully saturated rings. The van der Waals surface area contributed by atoms with Gasteiger partial charge in [0.25, 0.3) is 0 Å². The first-order valence-corrected chi connectivity index (χ1v) is 10.8. The van der Waals surface area contributed by atoms with Crippen LogP contribution in [0.15, 0.2) is 106 Å². The largest absolute Gasteiger partial charge is 0.416 e. The van der Waals surface area contributed by atoms with Gasteiger partial charge in [-0.25, -0.2) is 0 Å².